The van der Waals surface area contributed by atoms with Crippen LogP contribution in [0.5, 0.6) is 0 Å². The van der Waals surface area contributed by atoms with Gasteiger partial charge in [-0.1, -0.05) is 35.9 Å². The molecule has 3 aromatic rings. The second kappa shape index (κ2) is 6.09. The molecule has 120 valence electrons. The predicted octanol–water partition coefficient (Wildman–Crippen LogP) is 4.27. The summed E-state index contributed by atoms with van der Waals surface area (Å²) in [7, 11) is 0. The fourth-order valence-electron chi connectivity index (χ4n) is 2.88. The lowest BCUT2D eigenvalue weighted by molar-refractivity contribution is 0.887. The summed E-state index contributed by atoms with van der Waals surface area (Å²) in [5.41, 5.74) is 4.46. The van der Waals surface area contributed by atoms with Crippen LogP contribution in [0.15, 0.2) is 48.7 Å². The van der Waals surface area contributed by atoms with E-state index in [-0.39, 0.29) is 0 Å². The molecule has 0 unspecified atom stereocenters. The van der Waals surface area contributed by atoms with Gasteiger partial charge in [0.25, 0.3) is 5.95 Å². The molecule has 0 saturated carbocycles. The number of halogens is 1. The van der Waals surface area contributed by atoms with E-state index in [9.17, 15) is 0 Å². The van der Waals surface area contributed by atoms with Gasteiger partial charge in [-0.3, -0.25) is 0 Å². The third kappa shape index (κ3) is 2.78. The first-order valence-corrected chi connectivity index (χ1v) is 8.17. The van der Waals surface area contributed by atoms with Crippen molar-refractivity contribution in [1.29, 1.82) is 0 Å². The molecular formula is C18H16ClN5. The van der Waals surface area contributed by atoms with Gasteiger partial charge in [0.1, 0.15) is 0 Å². The van der Waals surface area contributed by atoms with Crippen LogP contribution in [0.4, 0.5) is 23.1 Å². The highest BCUT2D eigenvalue weighted by atomic mass is 35.5. The van der Waals surface area contributed by atoms with Gasteiger partial charge in [0.15, 0.2) is 5.82 Å². The Labute approximate surface area is 145 Å². The molecule has 1 aromatic heterocycles. The maximum Gasteiger partial charge on any atom is 0.251 e. The van der Waals surface area contributed by atoms with Crippen LogP contribution in [0, 0.1) is 6.92 Å². The number of rotatable bonds is 3. The Hall–Kier alpha value is -2.66. The normalized spacial score (nSPS) is 13.0. The van der Waals surface area contributed by atoms with Crippen molar-refractivity contribution in [2.45, 2.75) is 13.3 Å². The van der Waals surface area contributed by atoms with Crippen molar-refractivity contribution >= 4 is 34.7 Å². The zero-order valence-corrected chi connectivity index (χ0v) is 14.0. The summed E-state index contributed by atoms with van der Waals surface area (Å²) >= 11 is 6.08. The van der Waals surface area contributed by atoms with E-state index in [4.69, 9.17) is 11.6 Å². The second-order valence-electron chi connectivity index (χ2n) is 5.76. The molecule has 0 spiro atoms. The van der Waals surface area contributed by atoms with E-state index in [1.807, 2.05) is 31.2 Å². The van der Waals surface area contributed by atoms with Gasteiger partial charge in [0, 0.05) is 22.9 Å². The average molecular weight is 338 g/mol. The van der Waals surface area contributed by atoms with Crippen molar-refractivity contribution in [3.63, 3.8) is 0 Å². The van der Waals surface area contributed by atoms with E-state index in [0.717, 1.165) is 29.9 Å². The van der Waals surface area contributed by atoms with E-state index < -0.39 is 0 Å². The molecule has 24 heavy (non-hydrogen) atoms. The zero-order chi connectivity index (χ0) is 16.5. The number of nitrogens with zero attached hydrogens (tertiary/aromatic N) is 4. The molecule has 0 radical (unpaired) electrons. The van der Waals surface area contributed by atoms with Gasteiger partial charge < -0.3 is 10.2 Å². The molecule has 4 rings (SSSR count). The number of anilines is 4. The van der Waals surface area contributed by atoms with Gasteiger partial charge in [-0.25, -0.2) is 0 Å². The third-order valence-corrected chi connectivity index (χ3v) is 4.37. The largest absolute Gasteiger partial charge is 0.339 e. The second-order valence-corrected chi connectivity index (χ2v) is 6.19. The smallest absolute Gasteiger partial charge is 0.251 e. The Morgan fingerprint density at radius 1 is 1.17 bits per heavy atom. The van der Waals surface area contributed by atoms with E-state index in [0.29, 0.717) is 16.8 Å². The Bertz CT molecular complexity index is 896. The standard InChI is InChI=1S/C18H16ClN5/c1-12-6-7-14(19)10-15(12)21-17-11-20-23-18(22-17)24-9-8-13-4-2-3-5-16(13)24/h2-7,10-11H,8-9H2,1H3,(H,21,22,23). The maximum atomic E-state index is 6.08. The molecule has 0 aliphatic carbocycles. The molecular weight excluding hydrogens is 322 g/mol. The van der Waals surface area contributed by atoms with Crippen LogP contribution in [0.25, 0.3) is 0 Å². The molecule has 1 N–H and O–H groups in total. The molecule has 0 fully saturated rings. The van der Waals surface area contributed by atoms with Gasteiger partial charge in [0.05, 0.1) is 6.20 Å². The lowest BCUT2D eigenvalue weighted by Crippen LogP contribution is -2.17. The number of aromatic nitrogens is 3. The number of para-hydroxylation sites is 1. The Morgan fingerprint density at radius 3 is 2.96 bits per heavy atom. The highest BCUT2D eigenvalue weighted by Crippen LogP contribution is 2.32. The molecule has 0 atom stereocenters. The molecule has 5 nitrogen and oxygen atoms in total. The summed E-state index contributed by atoms with van der Waals surface area (Å²) in [6.07, 6.45) is 2.61. The van der Waals surface area contributed by atoms with Gasteiger partial charge in [-0.2, -0.15) is 10.1 Å². The third-order valence-electron chi connectivity index (χ3n) is 4.14. The molecule has 0 bridgehead atoms. The number of hydrogen-bond acceptors (Lipinski definition) is 5. The lowest BCUT2D eigenvalue weighted by atomic mass is 10.2. The topological polar surface area (TPSA) is 53.9 Å². The number of benzene rings is 2. The first-order valence-electron chi connectivity index (χ1n) is 7.79. The minimum Gasteiger partial charge on any atom is -0.339 e. The number of hydrogen-bond donors (Lipinski definition) is 1. The van der Waals surface area contributed by atoms with Gasteiger partial charge >= 0.3 is 0 Å². The molecule has 2 aromatic carbocycles. The van der Waals surface area contributed by atoms with E-state index in [1.54, 1.807) is 6.20 Å². The molecule has 1 aliphatic rings. The fourth-order valence-corrected chi connectivity index (χ4v) is 3.05. The zero-order valence-electron chi connectivity index (χ0n) is 13.2. The number of nitrogens with one attached hydrogen (secondary N) is 1. The van der Waals surface area contributed by atoms with Gasteiger partial charge in [0.2, 0.25) is 0 Å². The average Bonchev–Trinajstić information content (AvgIpc) is 3.03. The Morgan fingerprint density at radius 2 is 2.04 bits per heavy atom. The summed E-state index contributed by atoms with van der Waals surface area (Å²) in [5.74, 6) is 1.25. The van der Waals surface area contributed by atoms with Crippen LogP contribution in [-0.2, 0) is 6.42 Å². The van der Waals surface area contributed by atoms with Crippen LogP contribution in [0.1, 0.15) is 11.1 Å². The summed E-state index contributed by atoms with van der Waals surface area (Å²) in [4.78, 5) is 6.71. The van der Waals surface area contributed by atoms with Crippen molar-refractivity contribution in [3.8, 4) is 0 Å². The first-order chi connectivity index (χ1) is 11.7. The van der Waals surface area contributed by atoms with E-state index in [1.165, 1.54) is 5.56 Å². The van der Waals surface area contributed by atoms with Crippen LogP contribution in [-0.4, -0.2) is 21.7 Å². The molecule has 2 heterocycles. The fraction of sp³-hybridized carbons (Fsp3) is 0.167. The van der Waals surface area contributed by atoms with Gasteiger partial charge in [-0.05, 0) is 42.7 Å². The van der Waals surface area contributed by atoms with Crippen molar-refractivity contribution in [2.75, 3.05) is 16.8 Å². The highest BCUT2D eigenvalue weighted by Gasteiger charge is 2.22. The highest BCUT2D eigenvalue weighted by molar-refractivity contribution is 6.30. The predicted molar refractivity (Wildman–Crippen MR) is 96.5 cm³/mol. The molecule has 0 saturated heterocycles. The van der Waals surface area contributed by atoms with Crippen molar-refractivity contribution in [3.05, 3.63) is 64.8 Å². The van der Waals surface area contributed by atoms with Crippen LogP contribution < -0.4 is 10.2 Å². The number of aryl methyl sites for hydroxylation is 1. The molecule has 0 amide bonds. The summed E-state index contributed by atoms with van der Waals surface area (Å²) in [6, 6.07) is 14.0. The minimum atomic E-state index is 0.602. The van der Waals surface area contributed by atoms with Crippen molar-refractivity contribution in [2.24, 2.45) is 0 Å². The summed E-state index contributed by atoms with van der Waals surface area (Å²) < 4.78 is 0. The lowest BCUT2D eigenvalue weighted by Gasteiger charge is -2.17. The SMILES string of the molecule is Cc1ccc(Cl)cc1Nc1cnnc(N2CCc3ccccc32)n1. The van der Waals surface area contributed by atoms with E-state index in [2.05, 4.69) is 43.6 Å². The van der Waals surface area contributed by atoms with Crippen molar-refractivity contribution < 1.29 is 0 Å². The quantitative estimate of drug-likeness (QED) is 0.773. The molecule has 6 heteroatoms. The van der Waals surface area contributed by atoms with Gasteiger partial charge in [-0.15, -0.1) is 5.10 Å². The monoisotopic (exact) mass is 337 g/mol. The molecule has 1 aliphatic heterocycles. The Kier molecular flexibility index (Phi) is 3.78. The van der Waals surface area contributed by atoms with Crippen molar-refractivity contribution in [1.82, 2.24) is 15.2 Å². The first kappa shape index (κ1) is 14.9. The van der Waals surface area contributed by atoms with E-state index >= 15 is 0 Å². The summed E-state index contributed by atoms with van der Waals surface area (Å²) in [5, 5.41) is 12.3. The number of fused-ring (bicyclic) bond motifs is 1. The Balaban J connectivity index is 1.64. The van der Waals surface area contributed by atoms with Crippen LogP contribution in [0.3, 0.4) is 0 Å². The summed E-state index contributed by atoms with van der Waals surface area (Å²) in [6.45, 7) is 2.88. The van der Waals surface area contributed by atoms with Crippen LogP contribution in [0.2, 0.25) is 5.02 Å². The maximum absolute atomic E-state index is 6.08. The van der Waals surface area contributed by atoms with Crippen LogP contribution >= 0.6 is 11.6 Å². The minimum absolute atomic E-state index is 0.602.